The summed E-state index contributed by atoms with van der Waals surface area (Å²) in [5, 5.41) is 11.6. The number of hydrogen-bond acceptors (Lipinski definition) is 3. The molecule has 1 aromatic carbocycles. The van der Waals surface area contributed by atoms with E-state index in [1.54, 1.807) is 25.1 Å². The maximum Gasteiger partial charge on any atom is 0.252 e. The Bertz CT molecular complexity index is 366. The molecule has 0 heterocycles. The normalized spacial score (nSPS) is 12.2. The second kappa shape index (κ2) is 5.14. The van der Waals surface area contributed by atoms with E-state index in [9.17, 15) is 4.79 Å². The Morgan fingerprint density at radius 1 is 1.67 bits per heavy atom. The molecule has 1 aromatic rings. The minimum atomic E-state index is -0.561. The lowest BCUT2D eigenvalue weighted by Crippen LogP contribution is -2.30. The fourth-order valence-electron chi connectivity index (χ4n) is 1.05. The van der Waals surface area contributed by atoms with Crippen molar-refractivity contribution in [3.05, 3.63) is 28.2 Å². The lowest BCUT2D eigenvalue weighted by molar-refractivity contribution is 0.0923. The molecule has 1 atom stereocenters. The molecule has 0 bridgehead atoms. The standard InChI is InChI=1S/C10H13BrN2O2/c1-6(14)5-13-10(15)8-4-7(12)2-3-9(8)11/h2-4,6,14H,5,12H2,1H3,(H,13,15)/t6-/m0/s1. The maximum absolute atomic E-state index is 11.6. The van der Waals surface area contributed by atoms with Crippen LogP contribution in [0.4, 0.5) is 5.69 Å². The molecule has 0 saturated heterocycles. The van der Waals surface area contributed by atoms with E-state index in [4.69, 9.17) is 10.8 Å². The minimum absolute atomic E-state index is 0.222. The number of benzene rings is 1. The first-order valence-corrected chi connectivity index (χ1v) is 5.31. The Hall–Kier alpha value is -1.07. The van der Waals surface area contributed by atoms with Crippen molar-refractivity contribution in [3.63, 3.8) is 0 Å². The van der Waals surface area contributed by atoms with Crippen molar-refractivity contribution < 1.29 is 9.90 Å². The van der Waals surface area contributed by atoms with Gasteiger partial charge in [0.15, 0.2) is 0 Å². The highest BCUT2D eigenvalue weighted by molar-refractivity contribution is 9.10. The highest BCUT2D eigenvalue weighted by Gasteiger charge is 2.10. The second-order valence-electron chi connectivity index (χ2n) is 3.30. The highest BCUT2D eigenvalue weighted by Crippen LogP contribution is 2.19. The first kappa shape index (κ1) is 12.0. The highest BCUT2D eigenvalue weighted by atomic mass is 79.9. The predicted molar refractivity (Wildman–Crippen MR) is 62.6 cm³/mol. The van der Waals surface area contributed by atoms with Crippen LogP contribution in [-0.2, 0) is 0 Å². The summed E-state index contributed by atoms with van der Waals surface area (Å²) in [6.45, 7) is 1.83. The van der Waals surface area contributed by atoms with Gasteiger partial charge in [-0.2, -0.15) is 0 Å². The molecule has 0 unspecified atom stereocenters. The van der Waals surface area contributed by atoms with Gasteiger partial charge in [-0.3, -0.25) is 4.79 Å². The maximum atomic E-state index is 11.6. The quantitative estimate of drug-likeness (QED) is 0.723. The van der Waals surface area contributed by atoms with E-state index in [1.165, 1.54) is 0 Å². The lowest BCUT2D eigenvalue weighted by atomic mass is 10.2. The van der Waals surface area contributed by atoms with E-state index in [1.807, 2.05) is 0 Å². The van der Waals surface area contributed by atoms with Crippen LogP contribution in [0.1, 0.15) is 17.3 Å². The first-order valence-electron chi connectivity index (χ1n) is 4.52. The zero-order valence-corrected chi connectivity index (χ0v) is 9.91. The molecule has 4 N–H and O–H groups in total. The monoisotopic (exact) mass is 272 g/mol. The van der Waals surface area contributed by atoms with Crippen molar-refractivity contribution in [1.29, 1.82) is 0 Å². The predicted octanol–water partition coefficient (Wildman–Crippen LogP) is 1.14. The molecule has 0 aliphatic rings. The number of hydrogen-bond donors (Lipinski definition) is 3. The van der Waals surface area contributed by atoms with Crippen molar-refractivity contribution in [3.8, 4) is 0 Å². The Balaban J connectivity index is 2.77. The van der Waals surface area contributed by atoms with Gasteiger partial charge in [0.25, 0.3) is 5.91 Å². The van der Waals surface area contributed by atoms with Gasteiger partial charge < -0.3 is 16.2 Å². The number of carbonyl (C=O) groups excluding carboxylic acids is 1. The van der Waals surface area contributed by atoms with Crippen molar-refractivity contribution >= 4 is 27.5 Å². The number of nitrogens with one attached hydrogen (secondary N) is 1. The lowest BCUT2D eigenvalue weighted by Gasteiger charge is -2.08. The third-order valence-electron chi connectivity index (χ3n) is 1.79. The molecule has 4 nitrogen and oxygen atoms in total. The summed E-state index contributed by atoms with van der Waals surface area (Å²) in [5.41, 5.74) is 6.57. The van der Waals surface area contributed by atoms with Gasteiger partial charge >= 0.3 is 0 Å². The fraction of sp³-hybridized carbons (Fsp3) is 0.300. The molecule has 82 valence electrons. The largest absolute Gasteiger partial charge is 0.399 e. The molecule has 0 aromatic heterocycles. The van der Waals surface area contributed by atoms with Gasteiger partial charge in [0, 0.05) is 16.7 Å². The van der Waals surface area contributed by atoms with E-state index in [-0.39, 0.29) is 12.5 Å². The average Bonchev–Trinajstić information content (AvgIpc) is 2.18. The fourth-order valence-corrected chi connectivity index (χ4v) is 1.48. The third kappa shape index (κ3) is 3.53. The zero-order valence-electron chi connectivity index (χ0n) is 8.33. The molecule has 0 saturated carbocycles. The molecule has 5 heteroatoms. The van der Waals surface area contributed by atoms with Crippen LogP contribution in [0.25, 0.3) is 0 Å². The number of nitrogen functional groups attached to an aromatic ring is 1. The second-order valence-corrected chi connectivity index (χ2v) is 4.15. The Morgan fingerprint density at radius 3 is 2.93 bits per heavy atom. The summed E-state index contributed by atoms with van der Waals surface area (Å²) >= 11 is 3.26. The molecule has 1 amide bonds. The SMILES string of the molecule is C[C@H](O)CNC(=O)c1cc(N)ccc1Br. The van der Waals surface area contributed by atoms with Crippen LogP contribution >= 0.6 is 15.9 Å². The Labute approximate surface area is 96.6 Å². The molecule has 0 aliphatic carbocycles. The number of nitrogens with two attached hydrogens (primary N) is 1. The zero-order chi connectivity index (χ0) is 11.4. The van der Waals surface area contributed by atoms with Crippen molar-refractivity contribution in [2.75, 3.05) is 12.3 Å². The molecular weight excluding hydrogens is 260 g/mol. The smallest absolute Gasteiger partial charge is 0.252 e. The average molecular weight is 273 g/mol. The molecule has 0 fully saturated rings. The summed E-state index contributed by atoms with van der Waals surface area (Å²) in [6.07, 6.45) is -0.561. The van der Waals surface area contributed by atoms with Crippen LogP contribution in [0.15, 0.2) is 22.7 Å². The van der Waals surface area contributed by atoms with Crippen molar-refractivity contribution in [1.82, 2.24) is 5.32 Å². The summed E-state index contributed by atoms with van der Waals surface area (Å²) in [6, 6.07) is 5.00. The number of amides is 1. The van der Waals surface area contributed by atoms with Gasteiger partial charge in [0.2, 0.25) is 0 Å². The van der Waals surface area contributed by atoms with Crippen molar-refractivity contribution in [2.45, 2.75) is 13.0 Å². The number of aliphatic hydroxyl groups excluding tert-OH is 1. The molecule has 15 heavy (non-hydrogen) atoms. The van der Waals surface area contributed by atoms with E-state index in [2.05, 4.69) is 21.2 Å². The van der Waals surface area contributed by atoms with Crippen LogP contribution in [0.3, 0.4) is 0 Å². The summed E-state index contributed by atoms with van der Waals surface area (Å²) in [5.74, 6) is -0.255. The first-order chi connectivity index (χ1) is 7.00. The third-order valence-corrected chi connectivity index (χ3v) is 2.48. The number of anilines is 1. The molecule has 1 rings (SSSR count). The van der Waals surface area contributed by atoms with Crippen LogP contribution in [0.2, 0.25) is 0 Å². The summed E-state index contributed by atoms with van der Waals surface area (Å²) in [4.78, 5) is 11.6. The van der Waals surface area contributed by atoms with Crippen LogP contribution in [0, 0.1) is 0 Å². The molecule has 0 aliphatic heterocycles. The van der Waals surface area contributed by atoms with Gasteiger partial charge in [-0.15, -0.1) is 0 Å². The summed E-state index contributed by atoms with van der Waals surface area (Å²) in [7, 11) is 0. The van der Waals surface area contributed by atoms with Crippen LogP contribution in [-0.4, -0.2) is 23.7 Å². The van der Waals surface area contributed by atoms with Gasteiger partial charge in [0.05, 0.1) is 11.7 Å². The molecular formula is C10H13BrN2O2. The van der Waals surface area contributed by atoms with E-state index in [0.717, 1.165) is 0 Å². The number of carbonyl (C=O) groups is 1. The molecule has 0 spiro atoms. The van der Waals surface area contributed by atoms with E-state index >= 15 is 0 Å². The number of halogens is 1. The van der Waals surface area contributed by atoms with E-state index < -0.39 is 6.10 Å². The topological polar surface area (TPSA) is 75.3 Å². The van der Waals surface area contributed by atoms with Gasteiger partial charge in [0.1, 0.15) is 0 Å². The number of rotatable bonds is 3. The van der Waals surface area contributed by atoms with Gasteiger partial charge in [-0.1, -0.05) is 0 Å². The summed E-state index contributed by atoms with van der Waals surface area (Å²) < 4.78 is 0.680. The number of aliphatic hydroxyl groups is 1. The van der Waals surface area contributed by atoms with E-state index in [0.29, 0.717) is 15.7 Å². The van der Waals surface area contributed by atoms with Crippen LogP contribution < -0.4 is 11.1 Å². The van der Waals surface area contributed by atoms with Crippen LogP contribution in [0.5, 0.6) is 0 Å². The Kier molecular flexibility index (Phi) is 4.11. The molecule has 0 radical (unpaired) electrons. The minimum Gasteiger partial charge on any atom is -0.399 e. The van der Waals surface area contributed by atoms with Crippen molar-refractivity contribution in [2.24, 2.45) is 0 Å². The van der Waals surface area contributed by atoms with Gasteiger partial charge in [-0.05, 0) is 41.1 Å². The van der Waals surface area contributed by atoms with Gasteiger partial charge in [-0.25, -0.2) is 0 Å². The Morgan fingerprint density at radius 2 is 2.33 bits per heavy atom.